The number of anilines is 1. The number of aryl methyl sites for hydroxylation is 1. The molecule has 0 unspecified atom stereocenters. The fourth-order valence-electron chi connectivity index (χ4n) is 1.92. The van der Waals surface area contributed by atoms with Crippen molar-refractivity contribution < 1.29 is 18.8 Å². The van der Waals surface area contributed by atoms with E-state index < -0.39 is 16.4 Å². The molecule has 2 aromatic rings. The number of benzene rings is 2. The largest absolute Gasteiger partial charge is 0.493 e. The Kier molecular flexibility index (Phi) is 5.24. The molecular formula is C16H15FN2O4. The molecule has 2 rings (SSSR count). The summed E-state index contributed by atoms with van der Waals surface area (Å²) in [5.74, 6) is -0.662. The summed E-state index contributed by atoms with van der Waals surface area (Å²) < 4.78 is 18.7. The smallest absolute Gasteiger partial charge is 0.306 e. The molecular weight excluding hydrogens is 303 g/mol. The first-order chi connectivity index (χ1) is 11.0. The van der Waals surface area contributed by atoms with E-state index >= 15 is 0 Å². The summed E-state index contributed by atoms with van der Waals surface area (Å²) in [6.07, 6.45) is 0.0686. The summed E-state index contributed by atoms with van der Waals surface area (Å²) in [6, 6.07) is 10.6. The van der Waals surface area contributed by atoms with Crippen LogP contribution in [-0.2, 0) is 4.79 Å². The molecule has 0 radical (unpaired) electrons. The third-order valence-electron chi connectivity index (χ3n) is 3.01. The van der Waals surface area contributed by atoms with Crippen LogP contribution in [0.2, 0.25) is 0 Å². The van der Waals surface area contributed by atoms with Gasteiger partial charge in [-0.15, -0.1) is 0 Å². The molecule has 0 atom stereocenters. The quantitative estimate of drug-likeness (QED) is 0.653. The summed E-state index contributed by atoms with van der Waals surface area (Å²) >= 11 is 0. The molecule has 0 spiro atoms. The third-order valence-corrected chi connectivity index (χ3v) is 3.01. The molecule has 1 N–H and O–H groups in total. The van der Waals surface area contributed by atoms with Crippen LogP contribution in [0.1, 0.15) is 12.0 Å². The molecule has 0 bridgehead atoms. The van der Waals surface area contributed by atoms with Crippen LogP contribution in [0.3, 0.4) is 0 Å². The number of carbonyl (C=O) groups excluding carboxylic acids is 1. The van der Waals surface area contributed by atoms with Crippen LogP contribution in [0.25, 0.3) is 0 Å². The minimum atomic E-state index is -0.948. The van der Waals surface area contributed by atoms with E-state index in [0.717, 1.165) is 17.7 Å². The van der Waals surface area contributed by atoms with Crippen LogP contribution >= 0.6 is 0 Å². The summed E-state index contributed by atoms with van der Waals surface area (Å²) in [4.78, 5) is 21.6. The molecule has 0 aliphatic heterocycles. The van der Waals surface area contributed by atoms with Gasteiger partial charge in [0.15, 0.2) is 0 Å². The lowest BCUT2D eigenvalue weighted by molar-refractivity contribution is -0.387. The second kappa shape index (κ2) is 7.35. The van der Waals surface area contributed by atoms with E-state index in [-0.39, 0.29) is 24.6 Å². The maximum atomic E-state index is 13.2. The molecule has 1 amide bonds. The Balaban J connectivity index is 1.87. The van der Waals surface area contributed by atoms with Gasteiger partial charge in [0.05, 0.1) is 18.0 Å². The lowest BCUT2D eigenvalue weighted by atomic mass is 10.2. The molecule has 0 saturated heterocycles. The maximum absolute atomic E-state index is 13.2. The molecule has 0 fully saturated rings. The Bertz CT molecular complexity index is 734. The van der Waals surface area contributed by atoms with Crippen LogP contribution in [0.5, 0.6) is 5.75 Å². The van der Waals surface area contributed by atoms with Crippen molar-refractivity contribution in [2.24, 2.45) is 0 Å². The first-order valence-corrected chi connectivity index (χ1v) is 6.89. The van der Waals surface area contributed by atoms with Gasteiger partial charge in [-0.3, -0.25) is 14.9 Å². The van der Waals surface area contributed by atoms with Crippen molar-refractivity contribution in [3.05, 3.63) is 64.0 Å². The highest BCUT2D eigenvalue weighted by Gasteiger charge is 2.15. The molecule has 2 aromatic carbocycles. The zero-order chi connectivity index (χ0) is 16.8. The average Bonchev–Trinajstić information content (AvgIpc) is 2.49. The topological polar surface area (TPSA) is 81.5 Å². The van der Waals surface area contributed by atoms with Crippen molar-refractivity contribution in [1.82, 2.24) is 0 Å². The van der Waals surface area contributed by atoms with Crippen molar-refractivity contribution in [3.63, 3.8) is 0 Å². The second-order valence-corrected chi connectivity index (χ2v) is 4.89. The van der Waals surface area contributed by atoms with Crippen molar-refractivity contribution in [2.75, 3.05) is 11.9 Å². The van der Waals surface area contributed by atoms with Crippen LogP contribution in [0.4, 0.5) is 15.8 Å². The lowest BCUT2D eigenvalue weighted by Gasteiger charge is -2.08. The van der Waals surface area contributed by atoms with Crippen LogP contribution < -0.4 is 10.1 Å². The van der Waals surface area contributed by atoms with Crippen LogP contribution in [-0.4, -0.2) is 17.4 Å². The second-order valence-electron chi connectivity index (χ2n) is 4.89. The molecule has 6 nitrogen and oxygen atoms in total. The number of rotatable bonds is 6. The molecule has 0 aliphatic carbocycles. The standard InChI is InChI=1S/C16H15FN2O4/c1-11-3-2-4-13(9-11)23-8-7-16(20)18-12-5-6-14(17)15(10-12)19(21)22/h2-6,9-10H,7-8H2,1H3,(H,18,20). The Hall–Kier alpha value is -2.96. The predicted molar refractivity (Wildman–Crippen MR) is 83.0 cm³/mol. The summed E-state index contributed by atoms with van der Waals surface area (Å²) in [5, 5.41) is 13.1. The number of nitro groups is 1. The molecule has 0 saturated carbocycles. The maximum Gasteiger partial charge on any atom is 0.306 e. The molecule has 0 aromatic heterocycles. The average molecular weight is 318 g/mol. The van der Waals surface area contributed by atoms with Crippen molar-refractivity contribution in [3.8, 4) is 5.75 Å². The van der Waals surface area contributed by atoms with E-state index in [9.17, 15) is 19.3 Å². The third kappa shape index (κ3) is 4.77. The normalized spacial score (nSPS) is 10.2. The van der Waals surface area contributed by atoms with Gasteiger partial charge in [0, 0.05) is 11.8 Å². The van der Waals surface area contributed by atoms with Crippen molar-refractivity contribution in [2.45, 2.75) is 13.3 Å². The van der Waals surface area contributed by atoms with E-state index in [0.29, 0.717) is 5.75 Å². The first kappa shape index (κ1) is 16.4. The zero-order valence-electron chi connectivity index (χ0n) is 12.4. The highest BCUT2D eigenvalue weighted by molar-refractivity contribution is 5.91. The van der Waals surface area contributed by atoms with Gasteiger partial charge in [-0.2, -0.15) is 4.39 Å². The first-order valence-electron chi connectivity index (χ1n) is 6.89. The number of nitrogens with zero attached hydrogens (tertiary/aromatic N) is 1. The van der Waals surface area contributed by atoms with E-state index in [4.69, 9.17) is 4.74 Å². The molecule has 7 heteroatoms. The number of amides is 1. The molecule has 23 heavy (non-hydrogen) atoms. The van der Waals surface area contributed by atoms with Gasteiger partial charge in [-0.1, -0.05) is 12.1 Å². The number of nitro benzene ring substituents is 1. The highest BCUT2D eigenvalue weighted by Crippen LogP contribution is 2.21. The Morgan fingerprint density at radius 2 is 2.09 bits per heavy atom. The molecule has 0 heterocycles. The molecule has 0 aliphatic rings. The van der Waals surface area contributed by atoms with Gasteiger partial charge in [0.1, 0.15) is 5.75 Å². The van der Waals surface area contributed by atoms with Gasteiger partial charge in [-0.25, -0.2) is 0 Å². The summed E-state index contributed by atoms with van der Waals surface area (Å²) in [6.45, 7) is 2.10. The number of hydrogen-bond acceptors (Lipinski definition) is 4. The number of hydrogen-bond donors (Lipinski definition) is 1. The Morgan fingerprint density at radius 3 is 2.78 bits per heavy atom. The fourth-order valence-corrected chi connectivity index (χ4v) is 1.92. The van der Waals surface area contributed by atoms with Crippen LogP contribution in [0, 0.1) is 22.9 Å². The van der Waals surface area contributed by atoms with Crippen molar-refractivity contribution >= 4 is 17.3 Å². The van der Waals surface area contributed by atoms with Gasteiger partial charge in [0.2, 0.25) is 11.7 Å². The van der Waals surface area contributed by atoms with E-state index in [2.05, 4.69) is 5.32 Å². The van der Waals surface area contributed by atoms with Gasteiger partial charge < -0.3 is 10.1 Å². The molecule has 120 valence electrons. The predicted octanol–water partition coefficient (Wildman–Crippen LogP) is 3.45. The number of ether oxygens (including phenoxy) is 1. The van der Waals surface area contributed by atoms with Gasteiger partial charge >= 0.3 is 5.69 Å². The van der Waals surface area contributed by atoms with Crippen molar-refractivity contribution in [1.29, 1.82) is 0 Å². The number of carbonyl (C=O) groups is 1. The minimum absolute atomic E-state index is 0.0686. The number of halogens is 1. The zero-order valence-corrected chi connectivity index (χ0v) is 12.4. The lowest BCUT2D eigenvalue weighted by Crippen LogP contribution is -2.15. The Morgan fingerprint density at radius 1 is 1.30 bits per heavy atom. The Labute approximate surface area is 132 Å². The summed E-state index contributed by atoms with van der Waals surface area (Å²) in [7, 11) is 0. The van der Waals surface area contributed by atoms with Gasteiger partial charge in [-0.05, 0) is 36.8 Å². The minimum Gasteiger partial charge on any atom is -0.493 e. The van der Waals surface area contributed by atoms with Crippen LogP contribution in [0.15, 0.2) is 42.5 Å². The van der Waals surface area contributed by atoms with Gasteiger partial charge in [0.25, 0.3) is 0 Å². The fraction of sp³-hybridized carbons (Fsp3) is 0.188. The van der Waals surface area contributed by atoms with E-state index in [1.54, 1.807) is 6.07 Å². The highest BCUT2D eigenvalue weighted by atomic mass is 19.1. The van der Waals surface area contributed by atoms with E-state index in [1.165, 1.54) is 6.07 Å². The SMILES string of the molecule is Cc1cccc(OCCC(=O)Nc2ccc(F)c([N+](=O)[O-])c2)c1. The van der Waals surface area contributed by atoms with E-state index in [1.807, 2.05) is 25.1 Å². The number of nitrogens with one attached hydrogen (secondary N) is 1. The summed E-state index contributed by atoms with van der Waals surface area (Å²) in [5.41, 5.74) is 0.531. The monoisotopic (exact) mass is 318 g/mol.